The number of allylic oxidation sites excluding steroid dienone is 1. The van der Waals surface area contributed by atoms with Crippen molar-refractivity contribution in [1.29, 1.82) is 0 Å². The third kappa shape index (κ3) is 2.58. The molecule has 0 aromatic heterocycles. The summed E-state index contributed by atoms with van der Waals surface area (Å²) in [4.78, 5) is 0. The van der Waals surface area contributed by atoms with E-state index >= 15 is 0 Å². The fraction of sp³-hybridized carbons (Fsp3) is 0.357. The van der Waals surface area contributed by atoms with Crippen LogP contribution in [-0.2, 0) is 0 Å². The van der Waals surface area contributed by atoms with Gasteiger partial charge in [0.1, 0.15) is 7.05 Å². The third-order valence-electron chi connectivity index (χ3n) is 3.12. The van der Waals surface area contributed by atoms with Crippen LogP contribution in [0.25, 0.3) is 0 Å². The van der Waals surface area contributed by atoms with Crippen LogP contribution in [0.4, 0.5) is 0 Å². The lowest BCUT2D eigenvalue weighted by Gasteiger charge is -2.17. The van der Waals surface area contributed by atoms with E-state index in [1.165, 1.54) is 0 Å². The second-order valence-electron chi connectivity index (χ2n) is 4.29. The van der Waals surface area contributed by atoms with Gasteiger partial charge in [-0.2, -0.15) is 0 Å². The van der Waals surface area contributed by atoms with Crippen molar-refractivity contribution in [3.05, 3.63) is 48.0 Å². The van der Waals surface area contributed by atoms with E-state index in [4.69, 9.17) is 0 Å². The van der Waals surface area contributed by atoms with E-state index in [1.807, 2.05) is 30.3 Å². The Balaban J connectivity index is 2.00. The molecule has 0 fully saturated rings. The maximum absolute atomic E-state index is 10.1. The van der Waals surface area contributed by atoms with Gasteiger partial charge in [-0.1, -0.05) is 36.4 Å². The SMILES string of the molecule is C[N+]1=CC=CC[C@H]1C[C@H](O)c1ccccc1. The zero-order valence-electron chi connectivity index (χ0n) is 9.58. The minimum absolute atomic E-state index is 0.367. The van der Waals surface area contributed by atoms with Gasteiger partial charge in [0.2, 0.25) is 0 Å². The Labute approximate surface area is 96.6 Å². The van der Waals surface area contributed by atoms with Gasteiger partial charge in [0.05, 0.1) is 6.10 Å². The van der Waals surface area contributed by atoms with E-state index in [0.717, 1.165) is 18.4 Å². The zero-order chi connectivity index (χ0) is 11.4. The molecule has 0 bridgehead atoms. The molecule has 84 valence electrons. The van der Waals surface area contributed by atoms with Crippen LogP contribution < -0.4 is 0 Å². The predicted molar refractivity (Wildman–Crippen MR) is 65.8 cm³/mol. The van der Waals surface area contributed by atoms with Gasteiger partial charge in [0.15, 0.2) is 12.3 Å². The fourth-order valence-electron chi connectivity index (χ4n) is 2.05. The van der Waals surface area contributed by atoms with Gasteiger partial charge in [0.25, 0.3) is 0 Å². The number of hydrogen-bond donors (Lipinski definition) is 1. The Bertz CT molecular complexity index is 394. The van der Waals surface area contributed by atoms with Crippen molar-refractivity contribution in [2.75, 3.05) is 7.05 Å². The monoisotopic (exact) mass is 216 g/mol. The molecule has 2 heteroatoms. The van der Waals surface area contributed by atoms with Crippen molar-refractivity contribution in [3.8, 4) is 0 Å². The Morgan fingerprint density at radius 1 is 1.38 bits per heavy atom. The number of aliphatic hydroxyl groups is 1. The highest BCUT2D eigenvalue weighted by Crippen LogP contribution is 2.21. The van der Waals surface area contributed by atoms with E-state index < -0.39 is 0 Å². The van der Waals surface area contributed by atoms with Gasteiger partial charge in [-0.25, -0.2) is 4.58 Å². The molecule has 0 radical (unpaired) electrons. The zero-order valence-corrected chi connectivity index (χ0v) is 9.58. The van der Waals surface area contributed by atoms with E-state index in [9.17, 15) is 5.11 Å². The predicted octanol–water partition coefficient (Wildman–Crippen LogP) is 2.15. The summed E-state index contributed by atoms with van der Waals surface area (Å²) in [5.74, 6) is 0. The summed E-state index contributed by atoms with van der Waals surface area (Å²) >= 11 is 0. The third-order valence-corrected chi connectivity index (χ3v) is 3.12. The van der Waals surface area contributed by atoms with E-state index in [0.29, 0.717) is 6.04 Å². The normalized spacial score (nSPS) is 21.6. The Kier molecular flexibility index (Phi) is 3.52. The van der Waals surface area contributed by atoms with Crippen molar-refractivity contribution in [2.45, 2.75) is 25.0 Å². The van der Waals surface area contributed by atoms with Gasteiger partial charge >= 0.3 is 0 Å². The molecule has 2 rings (SSSR count). The molecule has 2 nitrogen and oxygen atoms in total. The molecule has 0 unspecified atom stereocenters. The first-order valence-corrected chi connectivity index (χ1v) is 5.72. The molecule has 0 saturated carbocycles. The smallest absolute Gasteiger partial charge is 0.163 e. The molecule has 1 aliphatic rings. The summed E-state index contributed by atoms with van der Waals surface area (Å²) in [5.41, 5.74) is 1.01. The molecule has 0 spiro atoms. The first kappa shape index (κ1) is 11.1. The van der Waals surface area contributed by atoms with Crippen LogP contribution in [0.5, 0.6) is 0 Å². The van der Waals surface area contributed by atoms with Gasteiger partial charge in [-0.05, 0) is 11.6 Å². The summed E-state index contributed by atoms with van der Waals surface area (Å²) in [7, 11) is 2.06. The standard InChI is InChI=1S/C14H18NO/c1-15-10-6-5-9-13(15)11-14(16)12-7-3-2-4-8-12/h2-8,10,13-14,16H,9,11H2,1H3/q+1/t13-,14-/m0/s1. The molecule has 16 heavy (non-hydrogen) atoms. The molecule has 1 aromatic rings. The number of rotatable bonds is 3. The average Bonchev–Trinajstić information content (AvgIpc) is 2.33. The maximum Gasteiger partial charge on any atom is 0.163 e. The average molecular weight is 216 g/mol. The second-order valence-corrected chi connectivity index (χ2v) is 4.29. The van der Waals surface area contributed by atoms with Crippen LogP contribution in [0.1, 0.15) is 24.5 Å². The van der Waals surface area contributed by atoms with Gasteiger partial charge < -0.3 is 5.11 Å². The minimum atomic E-state index is -0.367. The van der Waals surface area contributed by atoms with E-state index in [2.05, 4.69) is 30.0 Å². The highest BCUT2D eigenvalue weighted by Gasteiger charge is 2.22. The molecular weight excluding hydrogens is 198 g/mol. The molecular formula is C14H18NO+. The summed E-state index contributed by atoms with van der Waals surface area (Å²) in [6.07, 6.45) is 7.70. The van der Waals surface area contributed by atoms with Crippen LogP contribution in [0.2, 0.25) is 0 Å². The molecule has 0 amide bonds. The topological polar surface area (TPSA) is 23.2 Å². The van der Waals surface area contributed by atoms with Crippen molar-refractivity contribution in [1.82, 2.24) is 0 Å². The summed E-state index contributed by atoms with van der Waals surface area (Å²) in [6, 6.07) is 10.3. The Hall–Kier alpha value is -1.41. The molecule has 1 aliphatic heterocycles. The van der Waals surface area contributed by atoms with Crippen LogP contribution in [0.15, 0.2) is 42.5 Å². The fourth-order valence-corrected chi connectivity index (χ4v) is 2.05. The first-order chi connectivity index (χ1) is 7.77. The van der Waals surface area contributed by atoms with Gasteiger partial charge in [-0.3, -0.25) is 0 Å². The summed E-state index contributed by atoms with van der Waals surface area (Å²) in [5, 5.41) is 10.1. The lowest BCUT2D eigenvalue weighted by Crippen LogP contribution is -2.27. The largest absolute Gasteiger partial charge is 0.388 e. The number of nitrogens with zero attached hydrogens (tertiary/aromatic N) is 1. The highest BCUT2D eigenvalue weighted by atomic mass is 16.3. The first-order valence-electron chi connectivity index (χ1n) is 5.72. The number of benzene rings is 1. The van der Waals surface area contributed by atoms with Crippen molar-refractivity contribution in [3.63, 3.8) is 0 Å². The molecule has 1 aromatic carbocycles. The van der Waals surface area contributed by atoms with Crippen LogP contribution >= 0.6 is 0 Å². The number of aliphatic hydroxyl groups excluding tert-OH is 1. The molecule has 0 saturated heterocycles. The van der Waals surface area contributed by atoms with Crippen molar-refractivity contribution < 1.29 is 9.68 Å². The minimum Gasteiger partial charge on any atom is -0.388 e. The van der Waals surface area contributed by atoms with Crippen LogP contribution in [0.3, 0.4) is 0 Å². The van der Waals surface area contributed by atoms with Crippen LogP contribution in [-0.4, -0.2) is 29.0 Å². The maximum atomic E-state index is 10.1. The molecule has 2 atom stereocenters. The van der Waals surface area contributed by atoms with Crippen LogP contribution in [0, 0.1) is 0 Å². The highest BCUT2D eigenvalue weighted by molar-refractivity contribution is 5.66. The lowest BCUT2D eigenvalue weighted by molar-refractivity contribution is -0.536. The number of hydrogen-bond acceptors (Lipinski definition) is 1. The quantitative estimate of drug-likeness (QED) is 0.769. The van der Waals surface area contributed by atoms with Gasteiger partial charge in [-0.15, -0.1) is 0 Å². The molecule has 1 heterocycles. The summed E-state index contributed by atoms with van der Waals surface area (Å²) in [6.45, 7) is 0. The Morgan fingerprint density at radius 3 is 2.81 bits per heavy atom. The lowest BCUT2D eigenvalue weighted by atomic mass is 9.99. The van der Waals surface area contributed by atoms with Crippen molar-refractivity contribution >= 4 is 6.21 Å². The van der Waals surface area contributed by atoms with E-state index in [-0.39, 0.29) is 6.10 Å². The van der Waals surface area contributed by atoms with Crippen molar-refractivity contribution in [2.24, 2.45) is 0 Å². The second kappa shape index (κ2) is 5.08. The summed E-state index contributed by atoms with van der Waals surface area (Å²) < 4.78 is 2.17. The van der Waals surface area contributed by atoms with Gasteiger partial charge in [0, 0.05) is 12.8 Å². The van der Waals surface area contributed by atoms with E-state index in [1.54, 1.807) is 0 Å². The molecule has 0 aliphatic carbocycles. The molecule has 1 N–H and O–H groups in total. The Morgan fingerprint density at radius 2 is 2.12 bits per heavy atom.